The van der Waals surface area contributed by atoms with Crippen molar-refractivity contribution in [3.63, 3.8) is 0 Å². The van der Waals surface area contributed by atoms with E-state index in [1.165, 1.54) is 23.6 Å². The summed E-state index contributed by atoms with van der Waals surface area (Å²) < 4.78 is 18.4. The van der Waals surface area contributed by atoms with Gasteiger partial charge < -0.3 is 10.1 Å². The lowest BCUT2D eigenvalue weighted by Gasteiger charge is -2.15. The van der Waals surface area contributed by atoms with Crippen LogP contribution in [0.1, 0.15) is 35.9 Å². The molecule has 0 radical (unpaired) electrons. The molecule has 1 N–H and O–H groups in total. The molecule has 108 valence electrons. The number of halogens is 1. The predicted molar refractivity (Wildman–Crippen MR) is 81.9 cm³/mol. The van der Waals surface area contributed by atoms with Crippen molar-refractivity contribution >= 4 is 11.3 Å². The lowest BCUT2D eigenvalue weighted by atomic mass is 10.1. The van der Waals surface area contributed by atoms with Gasteiger partial charge in [0.15, 0.2) is 11.6 Å². The van der Waals surface area contributed by atoms with E-state index in [0.717, 1.165) is 18.5 Å². The zero-order chi connectivity index (χ0) is 14.5. The van der Waals surface area contributed by atoms with Crippen molar-refractivity contribution < 1.29 is 9.13 Å². The van der Waals surface area contributed by atoms with Gasteiger partial charge in [-0.3, -0.25) is 0 Å². The summed E-state index contributed by atoms with van der Waals surface area (Å²) in [5.74, 6) is -0.0310. The van der Waals surface area contributed by atoms with Crippen LogP contribution in [-0.4, -0.2) is 7.11 Å². The van der Waals surface area contributed by atoms with Crippen LogP contribution in [0, 0.1) is 5.82 Å². The van der Waals surface area contributed by atoms with Crippen LogP contribution in [-0.2, 0) is 13.0 Å². The van der Waals surface area contributed by atoms with Crippen molar-refractivity contribution in [3.8, 4) is 5.75 Å². The lowest BCUT2D eigenvalue weighted by Crippen LogP contribution is -2.18. The quantitative estimate of drug-likeness (QED) is 0.857. The maximum absolute atomic E-state index is 13.4. The van der Waals surface area contributed by atoms with E-state index < -0.39 is 0 Å². The molecule has 4 heteroatoms. The van der Waals surface area contributed by atoms with Gasteiger partial charge >= 0.3 is 0 Å². The van der Waals surface area contributed by atoms with Gasteiger partial charge in [0.05, 0.1) is 7.11 Å². The molecule has 0 bridgehead atoms. The fourth-order valence-electron chi connectivity index (χ4n) is 2.15. The van der Waals surface area contributed by atoms with Crippen LogP contribution in [0.5, 0.6) is 5.75 Å². The summed E-state index contributed by atoms with van der Waals surface area (Å²) in [6.45, 7) is 5.08. The first-order chi connectivity index (χ1) is 9.65. The summed E-state index contributed by atoms with van der Waals surface area (Å²) >= 11 is 1.77. The Morgan fingerprint density at radius 3 is 2.85 bits per heavy atom. The van der Waals surface area contributed by atoms with Crippen molar-refractivity contribution in [1.82, 2.24) is 5.32 Å². The molecule has 0 saturated carbocycles. The van der Waals surface area contributed by atoms with Crippen LogP contribution < -0.4 is 10.1 Å². The average Bonchev–Trinajstić information content (AvgIpc) is 2.92. The minimum Gasteiger partial charge on any atom is -0.494 e. The van der Waals surface area contributed by atoms with E-state index in [0.29, 0.717) is 5.75 Å². The topological polar surface area (TPSA) is 21.3 Å². The molecule has 0 aliphatic rings. The SMILES string of the molecule is CCc1ccsc1CNC(C)c1ccc(F)c(OC)c1. The van der Waals surface area contributed by atoms with Crippen molar-refractivity contribution in [2.45, 2.75) is 32.9 Å². The molecule has 0 amide bonds. The van der Waals surface area contributed by atoms with Crippen LogP contribution in [0.25, 0.3) is 0 Å². The highest BCUT2D eigenvalue weighted by molar-refractivity contribution is 7.10. The van der Waals surface area contributed by atoms with Gasteiger partial charge in [-0.05, 0) is 48.1 Å². The van der Waals surface area contributed by atoms with Crippen LogP contribution >= 0.6 is 11.3 Å². The van der Waals surface area contributed by atoms with Crippen LogP contribution in [0.4, 0.5) is 4.39 Å². The van der Waals surface area contributed by atoms with E-state index in [1.807, 2.05) is 0 Å². The number of benzene rings is 1. The lowest BCUT2D eigenvalue weighted by molar-refractivity contribution is 0.385. The first kappa shape index (κ1) is 15.0. The van der Waals surface area contributed by atoms with Gasteiger partial charge in [-0.2, -0.15) is 0 Å². The second-order valence-electron chi connectivity index (χ2n) is 4.72. The molecule has 1 aromatic heterocycles. The first-order valence-electron chi connectivity index (χ1n) is 6.77. The van der Waals surface area contributed by atoms with E-state index in [2.05, 4.69) is 30.6 Å². The number of nitrogens with one attached hydrogen (secondary N) is 1. The normalized spacial score (nSPS) is 12.4. The van der Waals surface area contributed by atoms with Crippen molar-refractivity contribution in [2.24, 2.45) is 0 Å². The maximum atomic E-state index is 13.4. The standard InChI is InChI=1S/C16H20FNOS/c1-4-12-7-8-20-16(12)10-18-11(2)13-5-6-14(17)15(9-13)19-3/h5-9,11,18H,4,10H2,1-3H3. The number of rotatable bonds is 6. The van der Waals surface area contributed by atoms with Gasteiger partial charge in [0, 0.05) is 17.5 Å². The number of ether oxygens (including phenoxy) is 1. The number of aryl methyl sites for hydroxylation is 1. The average molecular weight is 293 g/mol. The predicted octanol–water partition coefficient (Wildman–Crippen LogP) is 4.31. The molecule has 2 nitrogen and oxygen atoms in total. The van der Waals surface area contributed by atoms with Gasteiger partial charge in [-0.25, -0.2) is 4.39 Å². The third-order valence-corrected chi connectivity index (χ3v) is 4.43. The van der Waals surface area contributed by atoms with Crippen molar-refractivity contribution in [2.75, 3.05) is 7.11 Å². The summed E-state index contributed by atoms with van der Waals surface area (Å²) in [6, 6.07) is 7.33. The molecule has 0 fully saturated rings. The van der Waals surface area contributed by atoms with E-state index in [4.69, 9.17) is 4.74 Å². The molecular formula is C16H20FNOS. The van der Waals surface area contributed by atoms with Gasteiger partial charge in [-0.15, -0.1) is 11.3 Å². The Hall–Kier alpha value is -1.39. The van der Waals surface area contributed by atoms with E-state index in [9.17, 15) is 4.39 Å². The molecule has 2 rings (SSSR count). The van der Waals surface area contributed by atoms with E-state index >= 15 is 0 Å². The molecule has 0 aliphatic carbocycles. The Morgan fingerprint density at radius 2 is 2.15 bits per heavy atom. The van der Waals surface area contributed by atoms with Gasteiger partial charge in [0.25, 0.3) is 0 Å². The van der Waals surface area contributed by atoms with Gasteiger partial charge in [-0.1, -0.05) is 13.0 Å². The Morgan fingerprint density at radius 1 is 1.35 bits per heavy atom. The molecule has 2 aromatic rings. The minimum absolute atomic E-state index is 0.149. The summed E-state index contributed by atoms with van der Waals surface area (Å²) in [6.07, 6.45) is 1.05. The highest BCUT2D eigenvalue weighted by Crippen LogP contribution is 2.23. The van der Waals surface area contributed by atoms with Crippen molar-refractivity contribution in [1.29, 1.82) is 0 Å². The summed E-state index contributed by atoms with van der Waals surface area (Å²) in [5.41, 5.74) is 2.42. The fourth-order valence-corrected chi connectivity index (χ4v) is 3.07. The van der Waals surface area contributed by atoms with Crippen LogP contribution in [0.15, 0.2) is 29.6 Å². The summed E-state index contributed by atoms with van der Waals surface area (Å²) in [7, 11) is 1.49. The van der Waals surface area contributed by atoms with E-state index in [1.54, 1.807) is 23.5 Å². The largest absolute Gasteiger partial charge is 0.494 e. The highest BCUT2D eigenvalue weighted by Gasteiger charge is 2.10. The smallest absolute Gasteiger partial charge is 0.165 e. The van der Waals surface area contributed by atoms with Gasteiger partial charge in [0.2, 0.25) is 0 Å². The Balaban J connectivity index is 2.03. The number of methoxy groups -OCH3 is 1. The molecule has 1 atom stereocenters. The number of hydrogen-bond donors (Lipinski definition) is 1. The summed E-state index contributed by atoms with van der Waals surface area (Å²) in [5, 5.41) is 5.61. The highest BCUT2D eigenvalue weighted by atomic mass is 32.1. The Bertz CT molecular complexity index is 567. The number of thiophene rings is 1. The van der Waals surface area contributed by atoms with Gasteiger partial charge in [0.1, 0.15) is 0 Å². The minimum atomic E-state index is -0.324. The van der Waals surface area contributed by atoms with Crippen molar-refractivity contribution in [3.05, 3.63) is 51.5 Å². The molecule has 0 saturated heterocycles. The third-order valence-electron chi connectivity index (χ3n) is 3.46. The molecule has 0 aliphatic heterocycles. The van der Waals surface area contributed by atoms with Crippen LogP contribution in [0.3, 0.4) is 0 Å². The monoisotopic (exact) mass is 293 g/mol. The second-order valence-corrected chi connectivity index (χ2v) is 5.72. The maximum Gasteiger partial charge on any atom is 0.165 e. The molecule has 0 spiro atoms. The van der Waals surface area contributed by atoms with E-state index in [-0.39, 0.29) is 11.9 Å². The molecular weight excluding hydrogens is 273 g/mol. The van der Waals surface area contributed by atoms with Crippen LogP contribution in [0.2, 0.25) is 0 Å². The fraction of sp³-hybridized carbons (Fsp3) is 0.375. The summed E-state index contributed by atoms with van der Waals surface area (Å²) in [4.78, 5) is 1.37. The zero-order valence-corrected chi connectivity index (χ0v) is 12.9. The Kier molecular flexibility index (Phi) is 5.15. The first-order valence-corrected chi connectivity index (χ1v) is 7.65. The number of hydrogen-bond acceptors (Lipinski definition) is 3. The third kappa shape index (κ3) is 3.38. The molecule has 20 heavy (non-hydrogen) atoms. The molecule has 1 heterocycles. The molecule has 1 unspecified atom stereocenters. The Labute approximate surface area is 123 Å². The second kappa shape index (κ2) is 6.86. The molecule has 1 aromatic carbocycles. The zero-order valence-electron chi connectivity index (χ0n) is 12.1.